The van der Waals surface area contributed by atoms with Gasteiger partial charge >= 0.3 is 22.5 Å². The number of nitro groups is 2. The van der Waals surface area contributed by atoms with Crippen molar-refractivity contribution in [3.8, 4) is 17.7 Å². The molecule has 0 aliphatic rings. The van der Waals surface area contributed by atoms with Gasteiger partial charge in [0.05, 0.1) is 22.9 Å². The number of nitrogens with one attached hydrogen (secondary N) is 1. The largest absolute Gasteiger partial charge is 0.439 e. The molecule has 18 heteroatoms. The molecule has 3 aromatic carbocycles. The molecule has 0 spiro atoms. The van der Waals surface area contributed by atoms with Crippen LogP contribution in [0.1, 0.15) is 22.6 Å². The highest BCUT2D eigenvalue weighted by atomic mass is 35.5. The lowest BCUT2D eigenvalue weighted by Crippen LogP contribution is -2.26. The monoisotopic (exact) mass is 753 g/mol. The van der Waals surface area contributed by atoms with E-state index in [2.05, 4.69) is 20.3 Å². The molecule has 0 saturated carbocycles. The van der Waals surface area contributed by atoms with Crippen molar-refractivity contribution in [3.05, 3.63) is 177 Å². The van der Waals surface area contributed by atoms with Crippen molar-refractivity contribution in [2.75, 3.05) is 5.32 Å². The first-order valence-corrected chi connectivity index (χ1v) is 16.0. The maximum absolute atomic E-state index is 12.8. The van der Waals surface area contributed by atoms with Gasteiger partial charge in [-0.3, -0.25) is 39.0 Å². The Labute approximate surface area is 309 Å². The molecule has 0 aliphatic heterocycles. The molecule has 0 unspecified atom stereocenters. The zero-order valence-electron chi connectivity index (χ0n) is 27.4. The Morgan fingerprint density at radius 1 is 0.774 bits per heavy atom. The number of rotatable bonds is 10. The molecule has 0 atom stereocenters. The van der Waals surface area contributed by atoms with Crippen LogP contribution < -0.4 is 21.2 Å². The van der Waals surface area contributed by atoms with Crippen LogP contribution in [0, 0.1) is 38.5 Å². The Kier molecular flexibility index (Phi) is 11.8. The summed E-state index contributed by atoms with van der Waals surface area (Å²) in [4.78, 5) is 57.2. The number of benzene rings is 3. The average Bonchev–Trinajstić information content (AvgIpc) is 3.14. The first kappa shape index (κ1) is 37.3. The minimum atomic E-state index is -0.791. The minimum absolute atomic E-state index is 0.0507. The average molecular weight is 755 g/mol. The molecule has 0 saturated heterocycles. The quantitative estimate of drug-likeness (QED) is 0.113. The van der Waals surface area contributed by atoms with Gasteiger partial charge in [0.2, 0.25) is 11.8 Å². The van der Waals surface area contributed by atoms with E-state index in [0.717, 1.165) is 18.0 Å². The summed E-state index contributed by atoms with van der Waals surface area (Å²) in [6.45, 7) is 1.90. The number of aromatic nitrogens is 5. The second-order valence-corrected chi connectivity index (χ2v) is 11.8. The number of hydrogen-bond donors (Lipinski definition) is 1. The smallest absolute Gasteiger partial charge is 0.352 e. The lowest BCUT2D eigenvalue weighted by Gasteiger charge is -2.14. The van der Waals surface area contributed by atoms with E-state index >= 15 is 0 Å². The second kappa shape index (κ2) is 16.8. The number of anilines is 2. The summed E-state index contributed by atoms with van der Waals surface area (Å²) < 4.78 is 8.10. The number of halogens is 2. The Hall–Kier alpha value is -6.96. The van der Waals surface area contributed by atoms with E-state index < -0.39 is 32.3 Å². The molecule has 3 aromatic heterocycles. The van der Waals surface area contributed by atoms with Gasteiger partial charge in [0.25, 0.3) is 0 Å². The van der Waals surface area contributed by atoms with Crippen LogP contribution in [0.25, 0.3) is 0 Å². The van der Waals surface area contributed by atoms with Gasteiger partial charge in [-0.15, -0.1) is 0 Å². The van der Waals surface area contributed by atoms with Gasteiger partial charge in [0.1, 0.15) is 35.7 Å². The highest BCUT2D eigenvalue weighted by molar-refractivity contribution is 6.30. The summed E-state index contributed by atoms with van der Waals surface area (Å²) in [6, 6.07) is 27.2. The van der Waals surface area contributed by atoms with Crippen LogP contribution >= 0.6 is 23.2 Å². The lowest BCUT2D eigenvalue weighted by molar-refractivity contribution is -0.387. The molecule has 266 valence electrons. The molecule has 1 N–H and O–H groups in total. The third-order valence-corrected chi connectivity index (χ3v) is 7.83. The zero-order chi connectivity index (χ0) is 38.1. The zero-order valence-corrected chi connectivity index (χ0v) is 28.9. The van der Waals surface area contributed by atoms with Crippen molar-refractivity contribution in [2.24, 2.45) is 0 Å². The maximum atomic E-state index is 12.8. The third kappa shape index (κ3) is 9.64. The van der Waals surface area contributed by atoms with Crippen molar-refractivity contribution in [2.45, 2.75) is 20.0 Å². The van der Waals surface area contributed by atoms with E-state index in [1.54, 1.807) is 97.9 Å². The first-order valence-electron chi connectivity index (χ1n) is 15.3. The summed E-state index contributed by atoms with van der Waals surface area (Å²) >= 11 is 11.7. The summed E-state index contributed by atoms with van der Waals surface area (Å²) in [6.07, 6.45) is 1.91. The molecule has 53 heavy (non-hydrogen) atoms. The van der Waals surface area contributed by atoms with Crippen LogP contribution in [0.5, 0.6) is 11.6 Å². The number of aryl methyl sites for hydroxylation is 1. The lowest BCUT2D eigenvalue weighted by atomic mass is 10.2. The molecule has 6 rings (SSSR count). The Morgan fingerprint density at radius 2 is 1.30 bits per heavy atom. The fourth-order valence-corrected chi connectivity index (χ4v) is 4.92. The van der Waals surface area contributed by atoms with E-state index in [9.17, 15) is 29.8 Å². The normalized spacial score (nSPS) is 10.4. The van der Waals surface area contributed by atoms with Gasteiger partial charge in [-0.05, 0) is 72.6 Å². The molecule has 0 amide bonds. The standard InChI is InChI=1S/C23H15ClN6O4.C12H10ClN3O3/c24-16-6-4-15(5-7-16)14-29-22(31)20(30(32)33)13-26-23(29)28-17-8-10-19(11-9-17)34-21-3-1-2-18(12-25)27-21;1-8-14-6-11(16(18)19)12(17)15(8)7-9-2-4-10(13)5-3-9/h1-11,13H,14H2,(H,26,28);2-6H,7H2,1H3. The van der Waals surface area contributed by atoms with Gasteiger partial charge in [-0.25, -0.2) is 15.0 Å². The van der Waals surface area contributed by atoms with E-state index in [4.69, 9.17) is 33.2 Å². The SMILES string of the molecule is Cc1ncc([N+](=O)[O-])c(=O)n1Cc1ccc(Cl)cc1.N#Cc1cccc(Oc2ccc(Nc3ncc([N+](=O)[O-])c(=O)n3Cc3ccc(Cl)cc3)cc2)n1. The number of nitrogens with zero attached hydrogens (tertiary/aromatic N) is 8. The molecular formula is C35H25Cl2N9O7. The fraction of sp³-hybridized carbons (Fsp3) is 0.0857. The van der Waals surface area contributed by atoms with E-state index in [1.807, 2.05) is 6.07 Å². The molecule has 3 heterocycles. The van der Waals surface area contributed by atoms with E-state index in [-0.39, 0.29) is 30.6 Å². The van der Waals surface area contributed by atoms with Gasteiger partial charge in [-0.1, -0.05) is 53.5 Å². The molecule has 16 nitrogen and oxygen atoms in total. The number of hydrogen-bond acceptors (Lipinski definition) is 12. The molecule has 0 fully saturated rings. The maximum Gasteiger partial charge on any atom is 0.352 e. The van der Waals surface area contributed by atoms with Crippen LogP contribution in [0.15, 0.2) is 113 Å². The predicted molar refractivity (Wildman–Crippen MR) is 195 cm³/mol. The summed E-state index contributed by atoms with van der Waals surface area (Å²) in [5.41, 5.74) is -0.275. The minimum Gasteiger partial charge on any atom is -0.439 e. The summed E-state index contributed by atoms with van der Waals surface area (Å²) in [5, 5.41) is 35.0. The van der Waals surface area contributed by atoms with Crippen molar-refractivity contribution < 1.29 is 14.6 Å². The van der Waals surface area contributed by atoms with Gasteiger partial charge in [-0.2, -0.15) is 5.26 Å². The van der Waals surface area contributed by atoms with Crippen LogP contribution in [0.4, 0.5) is 23.0 Å². The number of ether oxygens (including phenoxy) is 1. The topological polar surface area (TPSA) is 214 Å². The van der Waals surface area contributed by atoms with Gasteiger partial charge in [0, 0.05) is 21.8 Å². The third-order valence-electron chi connectivity index (χ3n) is 7.33. The van der Waals surface area contributed by atoms with Crippen LogP contribution in [-0.4, -0.2) is 33.9 Å². The summed E-state index contributed by atoms with van der Waals surface area (Å²) in [7, 11) is 0. The first-order chi connectivity index (χ1) is 25.4. The van der Waals surface area contributed by atoms with Crippen LogP contribution in [0.2, 0.25) is 10.0 Å². The number of pyridine rings is 1. The summed E-state index contributed by atoms with van der Waals surface area (Å²) in [5.74, 6) is 1.30. The van der Waals surface area contributed by atoms with Crippen molar-refractivity contribution >= 4 is 46.2 Å². The predicted octanol–water partition coefficient (Wildman–Crippen LogP) is 6.82. The van der Waals surface area contributed by atoms with Crippen molar-refractivity contribution in [3.63, 3.8) is 0 Å². The molecular weight excluding hydrogens is 729 g/mol. The number of nitriles is 1. The molecule has 0 bridgehead atoms. The van der Waals surface area contributed by atoms with Crippen molar-refractivity contribution in [1.82, 2.24) is 24.1 Å². The Morgan fingerprint density at radius 3 is 1.85 bits per heavy atom. The molecule has 0 aliphatic carbocycles. The van der Waals surface area contributed by atoms with E-state index in [0.29, 0.717) is 32.9 Å². The van der Waals surface area contributed by atoms with Crippen molar-refractivity contribution in [1.29, 1.82) is 5.26 Å². The fourth-order valence-electron chi connectivity index (χ4n) is 4.66. The second-order valence-electron chi connectivity index (χ2n) is 10.9. The van der Waals surface area contributed by atoms with Gasteiger partial charge in [0.15, 0.2) is 0 Å². The van der Waals surface area contributed by atoms with Crippen LogP contribution in [0.3, 0.4) is 0 Å². The van der Waals surface area contributed by atoms with Gasteiger partial charge < -0.3 is 10.1 Å². The van der Waals surface area contributed by atoms with Crippen LogP contribution in [-0.2, 0) is 13.1 Å². The Bertz CT molecular complexity index is 2450. The Balaban J connectivity index is 0.000000241. The molecule has 0 radical (unpaired) electrons. The highest BCUT2D eigenvalue weighted by Crippen LogP contribution is 2.24. The van der Waals surface area contributed by atoms with E-state index in [1.165, 1.54) is 9.13 Å². The highest BCUT2D eigenvalue weighted by Gasteiger charge is 2.20. The molecule has 6 aromatic rings.